The van der Waals surface area contributed by atoms with Gasteiger partial charge < -0.3 is 5.32 Å². The number of hydrogen-bond acceptors (Lipinski definition) is 3. The molecular weight excluding hydrogens is 372 g/mol. The average Bonchev–Trinajstić information content (AvgIpc) is 2.64. The monoisotopic (exact) mass is 383 g/mol. The molecule has 0 saturated carbocycles. The Morgan fingerprint density at radius 3 is 2.54 bits per heavy atom. The van der Waals surface area contributed by atoms with Gasteiger partial charge in [-0.25, -0.2) is 14.4 Å². The zero-order valence-electron chi connectivity index (χ0n) is 13.4. The second kappa shape index (κ2) is 6.90. The summed E-state index contributed by atoms with van der Waals surface area (Å²) in [5, 5.41) is 5.12. The smallest absolute Gasteiger partial charge is 0.162 e. The lowest BCUT2D eigenvalue weighted by Gasteiger charge is -2.12. The molecule has 0 radical (unpaired) electrons. The Morgan fingerprint density at radius 1 is 0.846 bits per heavy atom. The van der Waals surface area contributed by atoms with E-state index in [2.05, 4.69) is 15.3 Å². The van der Waals surface area contributed by atoms with Crippen LogP contribution in [-0.2, 0) is 0 Å². The zero-order valence-corrected chi connectivity index (χ0v) is 14.9. The van der Waals surface area contributed by atoms with Gasteiger partial charge >= 0.3 is 0 Å². The fourth-order valence-corrected chi connectivity index (χ4v) is 2.99. The molecule has 4 rings (SSSR count). The third-order valence-corrected chi connectivity index (χ3v) is 4.43. The van der Waals surface area contributed by atoms with Gasteiger partial charge in [-0.15, -0.1) is 0 Å². The molecular formula is C20H12Cl2FN3. The summed E-state index contributed by atoms with van der Waals surface area (Å²) in [6.45, 7) is 0. The van der Waals surface area contributed by atoms with Gasteiger partial charge in [-0.05, 0) is 42.5 Å². The Bertz CT molecular complexity index is 1120. The number of fused-ring (bicyclic) bond motifs is 1. The molecule has 0 aliphatic heterocycles. The zero-order chi connectivity index (χ0) is 18.1. The van der Waals surface area contributed by atoms with Gasteiger partial charge in [0.1, 0.15) is 11.6 Å². The van der Waals surface area contributed by atoms with E-state index in [1.807, 2.05) is 24.3 Å². The van der Waals surface area contributed by atoms with E-state index in [-0.39, 0.29) is 5.82 Å². The molecule has 1 N–H and O–H groups in total. The quantitative estimate of drug-likeness (QED) is 0.439. The summed E-state index contributed by atoms with van der Waals surface area (Å²) in [5.74, 6) is 0.648. The van der Waals surface area contributed by atoms with Crippen LogP contribution in [0.1, 0.15) is 0 Å². The van der Waals surface area contributed by atoms with Crippen LogP contribution in [0, 0.1) is 5.82 Å². The molecule has 0 amide bonds. The summed E-state index contributed by atoms with van der Waals surface area (Å²) in [5.41, 5.74) is 1.96. The molecule has 0 fully saturated rings. The van der Waals surface area contributed by atoms with Crippen LogP contribution in [0.15, 0.2) is 66.7 Å². The number of para-hydroxylation sites is 1. The first-order chi connectivity index (χ1) is 12.6. The van der Waals surface area contributed by atoms with Crippen LogP contribution in [0.3, 0.4) is 0 Å². The van der Waals surface area contributed by atoms with Crippen molar-refractivity contribution in [1.29, 1.82) is 0 Å². The lowest BCUT2D eigenvalue weighted by molar-refractivity contribution is 0.628. The number of anilines is 2. The molecule has 0 unspecified atom stereocenters. The molecule has 0 aliphatic rings. The van der Waals surface area contributed by atoms with E-state index in [0.29, 0.717) is 32.9 Å². The minimum absolute atomic E-state index is 0.341. The Hall–Kier alpha value is -2.69. The number of aromatic nitrogens is 2. The van der Waals surface area contributed by atoms with Crippen molar-refractivity contribution in [1.82, 2.24) is 9.97 Å². The van der Waals surface area contributed by atoms with E-state index in [9.17, 15) is 4.39 Å². The number of nitrogens with zero attached hydrogens (tertiary/aromatic N) is 2. The topological polar surface area (TPSA) is 37.8 Å². The molecule has 0 saturated heterocycles. The molecule has 0 aliphatic carbocycles. The SMILES string of the molecule is Fc1cccc(-c2nc(Nc3cc(Cl)ccc3Cl)c3ccccc3n2)c1. The maximum absolute atomic E-state index is 13.6. The summed E-state index contributed by atoms with van der Waals surface area (Å²) in [4.78, 5) is 9.14. The van der Waals surface area contributed by atoms with Crippen LogP contribution >= 0.6 is 23.2 Å². The van der Waals surface area contributed by atoms with Crippen LogP contribution in [0.25, 0.3) is 22.3 Å². The van der Waals surface area contributed by atoms with Crippen molar-refractivity contribution < 1.29 is 4.39 Å². The number of nitrogens with one attached hydrogen (secondary N) is 1. The van der Waals surface area contributed by atoms with Crippen molar-refractivity contribution in [2.24, 2.45) is 0 Å². The van der Waals surface area contributed by atoms with E-state index in [4.69, 9.17) is 23.2 Å². The van der Waals surface area contributed by atoms with Crippen molar-refractivity contribution in [2.75, 3.05) is 5.32 Å². The molecule has 1 heterocycles. The largest absolute Gasteiger partial charge is 0.338 e. The molecule has 6 heteroatoms. The summed E-state index contributed by atoms with van der Waals surface area (Å²) in [7, 11) is 0. The van der Waals surface area contributed by atoms with Gasteiger partial charge in [-0.3, -0.25) is 0 Å². The molecule has 3 aromatic carbocycles. The maximum atomic E-state index is 13.6. The molecule has 1 aromatic heterocycles. The van der Waals surface area contributed by atoms with Gasteiger partial charge in [0.25, 0.3) is 0 Å². The number of benzene rings is 3. The fourth-order valence-electron chi connectivity index (χ4n) is 2.65. The predicted molar refractivity (Wildman–Crippen MR) is 105 cm³/mol. The second-order valence-corrected chi connectivity index (χ2v) is 6.52. The van der Waals surface area contributed by atoms with E-state index >= 15 is 0 Å². The molecule has 0 bridgehead atoms. The van der Waals surface area contributed by atoms with Crippen molar-refractivity contribution >= 4 is 45.6 Å². The van der Waals surface area contributed by atoms with E-state index < -0.39 is 0 Å². The van der Waals surface area contributed by atoms with Crippen molar-refractivity contribution in [2.45, 2.75) is 0 Å². The van der Waals surface area contributed by atoms with E-state index in [1.165, 1.54) is 12.1 Å². The third kappa shape index (κ3) is 3.34. The number of hydrogen-bond donors (Lipinski definition) is 1. The van der Waals surface area contributed by atoms with Crippen LogP contribution in [0.5, 0.6) is 0 Å². The lowest BCUT2D eigenvalue weighted by atomic mass is 10.1. The summed E-state index contributed by atoms with van der Waals surface area (Å²) in [6.07, 6.45) is 0. The normalized spacial score (nSPS) is 10.9. The molecule has 4 aromatic rings. The van der Waals surface area contributed by atoms with E-state index in [1.54, 1.807) is 30.3 Å². The standard InChI is InChI=1S/C20H12Cl2FN3/c21-13-8-9-16(22)18(11-13)25-20-15-6-1-2-7-17(15)24-19(26-20)12-4-3-5-14(23)10-12/h1-11H,(H,24,25,26). The highest BCUT2D eigenvalue weighted by Gasteiger charge is 2.11. The van der Waals surface area contributed by atoms with Crippen LogP contribution in [0.2, 0.25) is 10.0 Å². The maximum Gasteiger partial charge on any atom is 0.162 e. The van der Waals surface area contributed by atoms with Gasteiger partial charge in [0.2, 0.25) is 0 Å². The van der Waals surface area contributed by atoms with Crippen LogP contribution in [-0.4, -0.2) is 9.97 Å². The first-order valence-electron chi connectivity index (χ1n) is 7.85. The van der Waals surface area contributed by atoms with Gasteiger partial charge in [0.15, 0.2) is 5.82 Å². The molecule has 0 spiro atoms. The minimum Gasteiger partial charge on any atom is -0.338 e. The summed E-state index contributed by atoms with van der Waals surface area (Å²) >= 11 is 12.3. The second-order valence-electron chi connectivity index (χ2n) is 5.67. The first kappa shape index (κ1) is 16.8. The Labute approximate surface area is 159 Å². The number of rotatable bonds is 3. The van der Waals surface area contributed by atoms with Gasteiger partial charge in [0.05, 0.1) is 16.2 Å². The van der Waals surface area contributed by atoms with Crippen molar-refractivity contribution in [3.05, 3.63) is 82.6 Å². The van der Waals surface area contributed by atoms with Gasteiger partial charge in [0, 0.05) is 16.0 Å². The highest BCUT2D eigenvalue weighted by molar-refractivity contribution is 6.35. The van der Waals surface area contributed by atoms with Gasteiger partial charge in [-0.1, -0.05) is 47.5 Å². The summed E-state index contributed by atoms with van der Waals surface area (Å²) in [6, 6.07) is 18.9. The minimum atomic E-state index is -0.341. The molecule has 0 atom stereocenters. The lowest BCUT2D eigenvalue weighted by Crippen LogP contribution is -2.00. The Kier molecular flexibility index (Phi) is 4.45. The van der Waals surface area contributed by atoms with E-state index in [0.717, 1.165) is 10.9 Å². The highest BCUT2D eigenvalue weighted by Crippen LogP contribution is 2.32. The fraction of sp³-hybridized carbons (Fsp3) is 0. The average molecular weight is 384 g/mol. The van der Waals surface area contributed by atoms with Crippen molar-refractivity contribution in [3.8, 4) is 11.4 Å². The third-order valence-electron chi connectivity index (χ3n) is 3.87. The van der Waals surface area contributed by atoms with Crippen LogP contribution < -0.4 is 5.32 Å². The Balaban J connectivity index is 1.88. The Morgan fingerprint density at radius 2 is 1.69 bits per heavy atom. The van der Waals surface area contributed by atoms with Gasteiger partial charge in [-0.2, -0.15) is 0 Å². The van der Waals surface area contributed by atoms with Crippen LogP contribution in [0.4, 0.5) is 15.9 Å². The summed E-state index contributed by atoms with van der Waals surface area (Å²) < 4.78 is 13.6. The molecule has 26 heavy (non-hydrogen) atoms. The molecule has 3 nitrogen and oxygen atoms in total. The number of halogens is 3. The van der Waals surface area contributed by atoms with Crippen molar-refractivity contribution in [3.63, 3.8) is 0 Å². The predicted octanol–water partition coefficient (Wildman–Crippen LogP) is 6.49. The first-order valence-corrected chi connectivity index (χ1v) is 8.60. The molecule has 128 valence electrons. The highest BCUT2D eigenvalue weighted by atomic mass is 35.5.